The molecule has 1 N–H and O–H groups in total. The number of hydrogen-bond acceptors (Lipinski definition) is 7. The highest BCUT2D eigenvalue weighted by atomic mass is 32.2. The smallest absolute Gasteiger partial charge is 0.296 e. The molecule has 1 aliphatic heterocycles. The zero-order valence-electron chi connectivity index (χ0n) is 14.7. The van der Waals surface area contributed by atoms with Crippen LogP contribution in [0, 0.1) is 10.1 Å². The molecule has 0 saturated carbocycles. The standard InChI is InChI=1S/C16H20N4O5S/c1-4-19(5-2)16-18-15(22)13(26-16)9-14(21)17-11-7-6-10(25-3)8-12(11)20(23)24/h6-8,13H,4-5,9H2,1-3H3,(H,17,21)/t13-/m1/s1. The van der Waals surface area contributed by atoms with Crippen molar-refractivity contribution in [1.82, 2.24) is 4.90 Å². The molecular formula is C16H20N4O5S. The molecule has 10 heteroatoms. The minimum absolute atomic E-state index is 0.0566. The van der Waals surface area contributed by atoms with Crippen molar-refractivity contribution in [2.75, 3.05) is 25.5 Å². The van der Waals surface area contributed by atoms with Crippen LogP contribution in [0.25, 0.3) is 0 Å². The topological polar surface area (TPSA) is 114 Å². The fraction of sp³-hybridized carbons (Fsp3) is 0.438. The maximum Gasteiger partial charge on any atom is 0.296 e. The van der Waals surface area contributed by atoms with Crippen LogP contribution in [-0.2, 0) is 9.59 Å². The van der Waals surface area contributed by atoms with E-state index >= 15 is 0 Å². The lowest BCUT2D eigenvalue weighted by Gasteiger charge is -2.19. The van der Waals surface area contributed by atoms with E-state index in [4.69, 9.17) is 4.74 Å². The highest BCUT2D eigenvalue weighted by molar-refractivity contribution is 8.15. The van der Waals surface area contributed by atoms with E-state index in [1.807, 2.05) is 18.7 Å². The lowest BCUT2D eigenvalue weighted by atomic mass is 10.2. The number of nitro groups is 1. The zero-order chi connectivity index (χ0) is 19.3. The van der Waals surface area contributed by atoms with E-state index in [0.29, 0.717) is 24.0 Å². The van der Waals surface area contributed by atoms with Gasteiger partial charge < -0.3 is 15.0 Å². The van der Waals surface area contributed by atoms with Crippen LogP contribution in [0.5, 0.6) is 5.75 Å². The number of carbonyl (C=O) groups is 2. The Bertz CT molecular complexity index is 748. The molecule has 2 rings (SSSR count). The lowest BCUT2D eigenvalue weighted by molar-refractivity contribution is -0.384. The maximum atomic E-state index is 12.3. The monoisotopic (exact) mass is 380 g/mol. The summed E-state index contributed by atoms with van der Waals surface area (Å²) < 4.78 is 4.96. The van der Waals surface area contributed by atoms with E-state index in [9.17, 15) is 19.7 Å². The van der Waals surface area contributed by atoms with E-state index in [-0.39, 0.29) is 23.7 Å². The number of methoxy groups -OCH3 is 1. The Morgan fingerprint density at radius 1 is 1.42 bits per heavy atom. The number of rotatable bonds is 7. The van der Waals surface area contributed by atoms with Crippen LogP contribution < -0.4 is 10.1 Å². The van der Waals surface area contributed by atoms with E-state index < -0.39 is 16.1 Å². The summed E-state index contributed by atoms with van der Waals surface area (Å²) in [6, 6.07) is 4.14. The number of carbonyl (C=O) groups excluding carboxylic acids is 2. The van der Waals surface area contributed by atoms with Crippen molar-refractivity contribution in [2.24, 2.45) is 4.99 Å². The second kappa shape index (κ2) is 8.65. The Morgan fingerprint density at radius 2 is 2.12 bits per heavy atom. The predicted octanol–water partition coefficient (Wildman–Crippen LogP) is 2.27. The van der Waals surface area contributed by atoms with E-state index in [0.717, 1.165) is 0 Å². The van der Waals surface area contributed by atoms with Crippen LogP contribution in [-0.4, -0.2) is 52.3 Å². The van der Waals surface area contributed by atoms with Crippen molar-refractivity contribution in [3.63, 3.8) is 0 Å². The summed E-state index contributed by atoms with van der Waals surface area (Å²) in [7, 11) is 1.40. The largest absolute Gasteiger partial charge is 0.496 e. The number of nitrogens with one attached hydrogen (secondary N) is 1. The third-order valence-corrected chi connectivity index (χ3v) is 5.02. The number of anilines is 1. The van der Waals surface area contributed by atoms with Gasteiger partial charge in [0.1, 0.15) is 16.7 Å². The molecule has 26 heavy (non-hydrogen) atoms. The number of thioether (sulfide) groups is 1. The van der Waals surface area contributed by atoms with Crippen molar-refractivity contribution >= 4 is 40.1 Å². The molecular weight excluding hydrogens is 360 g/mol. The van der Waals surface area contributed by atoms with Gasteiger partial charge in [-0.25, -0.2) is 0 Å². The molecule has 1 atom stereocenters. The summed E-state index contributed by atoms with van der Waals surface area (Å²) in [6.45, 7) is 5.35. The molecule has 0 bridgehead atoms. The summed E-state index contributed by atoms with van der Waals surface area (Å²) in [5.74, 6) is -0.537. The van der Waals surface area contributed by atoms with E-state index in [2.05, 4.69) is 10.3 Å². The third-order valence-electron chi connectivity index (χ3n) is 3.81. The Morgan fingerprint density at radius 3 is 2.69 bits per heavy atom. The first-order valence-corrected chi connectivity index (χ1v) is 8.93. The molecule has 9 nitrogen and oxygen atoms in total. The third kappa shape index (κ3) is 4.51. The first-order valence-electron chi connectivity index (χ1n) is 8.06. The number of nitrogens with zero attached hydrogens (tertiary/aromatic N) is 3. The van der Waals surface area contributed by atoms with Crippen LogP contribution in [0.4, 0.5) is 11.4 Å². The average molecular weight is 380 g/mol. The summed E-state index contributed by atoms with van der Waals surface area (Å²) in [5, 5.41) is 13.6. The van der Waals surface area contributed by atoms with Gasteiger partial charge in [0.25, 0.3) is 11.6 Å². The summed E-state index contributed by atoms with van der Waals surface area (Å²) in [5.41, 5.74) is -0.218. The van der Waals surface area contributed by atoms with Crippen molar-refractivity contribution in [2.45, 2.75) is 25.5 Å². The van der Waals surface area contributed by atoms with Gasteiger partial charge in [-0.3, -0.25) is 19.7 Å². The van der Waals surface area contributed by atoms with E-state index in [1.165, 1.54) is 37.1 Å². The van der Waals surface area contributed by atoms with Crippen LogP contribution in [0.15, 0.2) is 23.2 Å². The van der Waals surface area contributed by atoms with Gasteiger partial charge in [0.2, 0.25) is 5.91 Å². The molecule has 1 aromatic rings. The van der Waals surface area contributed by atoms with Gasteiger partial charge >= 0.3 is 0 Å². The Labute approximate surface area is 154 Å². The van der Waals surface area contributed by atoms with Gasteiger partial charge in [0, 0.05) is 19.5 Å². The molecule has 0 aromatic heterocycles. The summed E-state index contributed by atoms with van der Waals surface area (Å²) in [6.07, 6.45) is -0.110. The van der Waals surface area contributed by atoms with Gasteiger partial charge in [0.15, 0.2) is 5.17 Å². The maximum absolute atomic E-state index is 12.3. The molecule has 0 radical (unpaired) electrons. The number of amides is 2. The molecule has 0 unspecified atom stereocenters. The first kappa shape index (κ1) is 19.7. The molecule has 0 aliphatic carbocycles. The molecule has 0 saturated heterocycles. The predicted molar refractivity (Wildman–Crippen MR) is 99.6 cm³/mol. The van der Waals surface area contributed by atoms with Gasteiger partial charge in [-0.2, -0.15) is 4.99 Å². The number of hydrogen-bond donors (Lipinski definition) is 1. The van der Waals surface area contributed by atoms with Crippen LogP contribution in [0.2, 0.25) is 0 Å². The zero-order valence-corrected chi connectivity index (χ0v) is 15.5. The highest BCUT2D eigenvalue weighted by Crippen LogP contribution is 2.31. The number of nitro benzene ring substituents is 1. The summed E-state index contributed by atoms with van der Waals surface area (Å²) >= 11 is 1.24. The average Bonchev–Trinajstić information content (AvgIpc) is 2.96. The number of ether oxygens (including phenoxy) is 1. The van der Waals surface area contributed by atoms with Crippen LogP contribution in [0.3, 0.4) is 0 Å². The molecule has 0 fully saturated rings. The van der Waals surface area contributed by atoms with Crippen molar-refractivity contribution in [3.05, 3.63) is 28.3 Å². The Balaban J connectivity index is 2.04. The SMILES string of the molecule is CCN(CC)C1=NC(=O)[C@@H](CC(=O)Nc2ccc(OC)cc2[N+](=O)[O-])S1. The molecule has 1 heterocycles. The lowest BCUT2D eigenvalue weighted by Crippen LogP contribution is -2.28. The minimum Gasteiger partial charge on any atom is -0.496 e. The van der Waals surface area contributed by atoms with Gasteiger partial charge in [-0.05, 0) is 26.0 Å². The number of aliphatic imine (C=N–C) groups is 1. The van der Waals surface area contributed by atoms with Gasteiger partial charge in [-0.1, -0.05) is 11.8 Å². The fourth-order valence-electron chi connectivity index (χ4n) is 2.40. The normalized spacial score (nSPS) is 16.2. The fourth-order valence-corrected chi connectivity index (χ4v) is 3.60. The van der Waals surface area contributed by atoms with Crippen LogP contribution >= 0.6 is 11.8 Å². The molecule has 0 spiro atoms. The Hall–Kier alpha value is -2.62. The summed E-state index contributed by atoms with van der Waals surface area (Å²) in [4.78, 5) is 40.8. The van der Waals surface area contributed by atoms with Crippen molar-refractivity contribution < 1.29 is 19.2 Å². The first-order chi connectivity index (χ1) is 12.4. The Kier molecular flexibility index (Phi) is 6.56. The van der Waals surface area contributed by atoms with Crippen LogP contribution in [0.1, 0.15) is 20.3 Å². The molecule has 1 aliphatic rings. The number of amidine groups is 1. The van der Waals surface area contributed by atoms with E-state index in [1.54, 1.807) is 0 Å². The van der Waals surface area contributed by atoms with Gasteiger partial charge in [0.05, 0.1) is 18.1 Å². The molecule has 2 amide bonds. The minimum atomic E-state index is -0.622. The highest BCUT2D eigenvalue weighted by Gasteiger charge is 2.32. The second-order valence-corrected chi connectivity index (χ2v) is 6.57. The number of benzene rings is 1. The molecule has 1 aromatic carbocycles. The quantitative estimate of drug-likeness (QED) is 0.570. The van der Waals surface area contributed by atoms with Gasteiger partial charge in [-0.15, -0.1) is 0 Å². The van der Waals surface area contributed by atoms with Crippen molar-refractivity contribution in [1.29, 1.82) is 0 Å². The van der Waals surface area contributed by atoms with Crippen molar-refractivity contribution in [3.8, 4) is 5.75 Å². The second-order valence-electron chi connectivity index (χ2n) is 5.40. The molecule has 140 valence electrons.